The van der Waals surface area contributed by atoms with Crippen LogP contribution in [-0.4, -0.2) is 15.4 Å². The first-order valence-corrected chi connectivity index (χ1v) is 6.48. The lowest BCUT2D eigenvalue weighted by Gasteiger charge is -2.21. The molecule has 1 aliphatic carbocycles. The van der Waals surface area contributed by atoms with Gasteiger partial charge in [0.2, 0.25) is 5.13 Å². The first kappa shape index (κ1) is 10.5. The molecule has 0 atom stereocenters. The van der Waals surface area contributed by atoms with Crippen molar-refractivity contribution in [2.45, 2.75) is 25.4 Å². The molecule has 0 spiro atoms. The number of benzene rings is 1. The van der Waals surface area contributed by atoms with Crippen molar-refractivity contribution in [1.29, 1.82) is 0 Å². The Bertz CT molecular complexity index is 493. The Morgan fingerprint density at radius 2 is 2.18 bits per heavy atom. The first-order valence-electron chi connectivity index (χ1n) is 5.71. The molecule has 2 aromatic rings. The Labute approximate surface area is 104 Å². The molecule has 1 aromatic heterocycles. The normalized spacial score (nSPS) is 14.8. The highest BCUT2D eigenvalue weighted by Gasteiger charge is 2.31. The van der Waals surface area contributed by atoms with E-state index in [1.54, 1.807) is 6.33 Å². The SMILES string of the molecule is Nc1ccccc1CN(c1ncns1)C1CC1. The van der Waals surface area contributed by atoms with Crippen LogP contribution in [0.4, 0.5) is 10.8 Å². The van der Waals surface area contributed by atoms with Crippen molar-refractivity contribution < 1.29 is 0 Å². The summed E-state index contributed by atoms with van der Waals surface area (Å²) in [5.74, 6) is 0. The summed E-state index contributed by atoms with van der Waals surface area (Å²) in [5, 5.41) is 0.996. The molecule has 0 unspecified atom stereocenters. The maximum atomic E-state index is 5.98. The minimum atomic E-state index is 0.613. The third kappa shape index (κ3) is 2.24. The van der Waals surface area contributed by atoms with E-state index in [9.17, 15) is 0 Å². The van der Waals surface area contributed by atoms with E-state index in [0.717, 1.165) is 22.9 Å². The summed E-state index contributed by atoms with van der Waals surface area (Å²) in [5.41, 5.74) is 7.99. The third-order valence-electron chi connectivity index (χ3n) is 2.98. The number of hydrogen-bond acceptors (Lipinski definition) is 5. The van der Waals surface area contributed by atoms with E-state index in [0.29, 0.717) is 6.04 Å². The smallest absolute Gasteiger partial charge is 0.205 e. The van der Waals surface area contributed by atoms with Crippen LogP contribution in [-0.2, 0) is 6.54 Å². The standard InChI is InChI=1S/C12H14N4S/c13-11-4-2-1-3-9(11)7-16(10-5-6-10)12-14-8-15-17-12/h1-4,8,10H,5-7,13H2. The van der Waals surface area contributed by atoms with Crippen LogP contribution in [0.3, 0.4) is 0 Å². The Morgan fingerprint density at radius 1 is 1.35 bits per heavy atom. The van der Waals surface area contributed by atoms with Crippen molar-refractivity contribution in [3.63, 3.8) is 0 Å². The number of nitrogens with two attached hydrogens (primary N) is 1. The molecule has 0 amide bonds. The molecule has 4 nitrogen and oxygen atoms in total. The van der Waals surface area contributed by atoms with Gasteiger partial charge in [-0.3, -0.25) is 0 Å². The van der Waals surface area contributed by atoms with Gasteiger partial charge in [-0.2, -0.15) is 4.37 Å². The molecule has 1 aliphatic rings. The number of aromatic nitrogens is 2. The van der Waals surface area contributed by atoms with E-state index in [1.165, 1.54) is 24.4 Å². The van der Waals surface area contributed by atoms with Crippen molar-refractivity contribution in [1.82, 2.24) is 9.36 Å². The van der Waals surface area contributed by atoms with E-state index in [1.807, 2.05) is 18.2 Å². The molecule has 1 fully saturated rings. The van der Waals surface area contributed by atoms with Crippen LogP contribution in [0, 0.1) is 0 Å². The van der Waals surface area contributed by atoms with Crippen molar-refractivity contribution in [2.75, 3.05) is 10.6 Å². The van der Waals surface area contributed by atoms with Crippen molar-refractivity contribution in [3.8, 4) is 0 Å². The van der Waals surface area contributed by atoms with Gasteiger partial charge in [0, 0.05) is 29.8 Å². The zero-order valence-electron chi connectivity index (χ0n) is 9.41. The quantitative estimate of drug-likeness (QED) is 0.841. The number of nitrogens with zero attached hydrogens (tertiary/aromatic N) is 3. The highest BCUT2D eigenvalue weighted by molar-refractivity contribution is 7.09. The predicted octanol–water partition coefficient (Wildman–Crippen LogP) is 2.29. The summed E-state index contributed by atoms with van der Waals surface area (Å²) < 4.78 is 4.07. The van der Waals surface area contributed by atoms with Gasteiger partial charge in [0.15, 0.2) is 0 Å². The maximum absolute atomic E-state index is 5.98. The lowest BCUT2D eigenvalue weighted by molar-refractivity contribution is 0.791. The van der Waals surface area contributed by atoms with Gasteiger partial charge < -0.3 is 10.6 Å². The summed E-state index contributed by atoms with van der Waals surface area (Å²) in [7, 11) is 0. The Morgan fingerprint density at radius 3 is 2.82 bits per heavy atom. The molecule has 0 saturated heterocycles. The second-order valence-corrected chi connectivity index (χ2v) is 5.04. The molecule has 3 rings (SSSR count). The van der Waals surface area contributed by atoms with Gasteiger partial charge >= 0.3 is 0 Å². The molecule has 1 aromatic carbocycles. The van der Waals surface area contributed by atoms with Crippen LogP contribution in [0.1, 0.15) is 18.4 Å². The van der Waals surface area contributed by atoms with Crippen molar-refractivity contribution in [3.05, 3.63) is 36.2 Å². The average molecular weight is 246 g/mol. The minimum absolute atomic E-state index is 0.613. The number of nitrogen functional groups attached to an aromatic ring is 1. The summed E-state index contributed by atoms with van der Waals surface area (Å²) in [6.45, 7) is 0.826. The fourth-order valence-corrected chi connectivity index (χ4v) is 2.50. The molecular weight excluding hydrogens is 232 g/mol. The Hall–Kier alpha value is -1.62. The van der Waals surface area contributed by atoms with E-state index in [4.69, 9.17) is 5.73 Å². The maximum Gasteiger partial charge on any atom is 0.205 e. The number of rotatable bonds is 4. The third-order valence-corrected chi connectivity index (χ3v) is 3.68. The summed E-state index contributed by atoms with van der Waals surface area (Å²) in [6, 6.07) is 8.62. The minimum Gasteiger partial charge on any atom is -0.398 e. The van der Waals surface area contributed by atoms with E-state index in [-0.39, 0.29) is 0 Å². The lowest BCUT2D eigenvalue weighted by atomic mass is 10.1. The van der Waals surface area contributed by atoms with Crippen LogP contribution in [0.15, 0.2) is 30.6 Å². The van der Waals surface area contributed by atoms with Gasteiger partial charge in [-0.05, 0) is 24.5 Å². The number of anilines is 2. The summed E-state index contributed by atoms with van der Waals surface area (Å²) in [6.07, 6.45) is 4.10. The fourth-order valence-electron chi connectivity index (χ4n) is 1.89. The molecule has 0 aliphatic heterocycles. The van der Waals surface area contributed by atoms with Crippen LogP contribution in [0.25, 0.3) is 0 Å². The van der Waals surface area contributed by atoms with Gasteiger partial charge in [-0.1, -0.05) is 18.2 Å². The highest BCUT2D eigenvalue weighted by atomic mass is 32.1. The fraction of sp³-hybridized carbons (Fsp3) is 0.333. The molecule has 1 heterocycles. The zero-order valence-corrected chi connectivity index (χ0v) is 10.2. The van der Waals surface area contributed by atoms with Gasteiger partial charge in [-0.25, -0.2) is 4.98 Å². The van der Waals surface area contributed by atoms with E-state index >= 15 is 0 Å². The lowest BCUT2D eigenvalue weighted by Crippen LogP contribution is -2.25. The second-order valence-electron chi connectivity index (χ2n) is 4.28. The summed E-state index contributed by atoms with van der Waals surface area (Å²) in [4.78, 5) is 6.61. The number of hydrogen-bond donors (Lipinski definition) is 1. The van der Waals surface area contributed by atoms with Crippen molar-refractivity contribution >= 4 is 22.4 Å². The molecule has 1 saturated carbocycles. The largest absolute Gasteiger partial charge is 0.398 e. The van der Waals surface area contributed by atoms with Crippen LogP contribution in [0.5, 0.6) is 0 Å². The summed E-state index contributed by atoms with van der Waals surface area (Å²) >= 11 is 1.45. The van der Waals surface area contributed by atoms with Crippen LogP contribution < -0.4 is 10.6 Å². The molecule has 88 valence electrons. The Balaban J connectivity index is 1.84. The van der Waals surface area contributed by atoms with E-state index in [2.05, 4.69) is 20.3 Å². The molecule has 0 bridgehead atoms. The van der Waals surface area contributed by atoms with E-state index < -0.39 is 0 Å². The zero-order chi connectivity index (χ0) is 11.7. The van der Waals surface area contributed by atoms with Gasteiger partial charge in [0.1, 0.15) is 6.33 Å². The van der Waals surface area contributed by atoms with Gasteiger partial charge in [0.25, 0.3) is 0 Å². The van der Waals surface area contributed by atoms with Crippen LogP contribution in [0.2, 0.25) is 0 Å². The first-order chi connectivity index (χ1) is 8.34. The second kappa shape index (κ2) is 4.33. The molecule has 0 radical (unpaired) electrons. The topological polar surface area (TPSA) is 55.0 Å². The number of para-hydroxylation sites is 1. The molecule has 5 heteroatoms. The van der Waals surface area contributed by atoms with Gasteiger partial charge in [-0.15, -0.1) is 0 Å². The Kier molecular flexibility index (Phi) is 2.68. The molecular formula is C12H14N4S. The highest BCUT2D eigenvalue weighted by Crippen LogP contribution is 2.34. The molecule has 17 heavy (non-hydrogen) atoms. The van der Waals surface area contributed by atoms with Crippen LogP contribution >= 0.6 is 11.5 Å². The monoisotopic (exact) mass is 246 g/mol. The van der Waals surface area contributed by atoms with Crippen molar-refractivity contribution in [2.24, 2.45) is 0 Å². The average Bonchev–Trinajstić information content (AvgIpc) is 3.03. The van der Waals surface area contributed by atoms with Gasteiger partial charge in [0.05, 0.1) is 0 Å². The predicted molar refractivity (Wildman–Crippen MR) is 70.0 cm³/mol. The molecule has 2 N–H and O–H groups in total.